The molecule has 0 spiro atoms. The molecule has 3 aliphatic rings. The number of rotatable bonds is 9. The van der Waals surface area contributed by atoms with E-state index in [0.29, 0.717) is 48.3 Å². The molecule has 15 heteroatoms. The largest absolute Gasteiger partial charge is 0.390 e. The number of fused-ring (bicyclic) bond motifs is 2. The van der Waals surface area contributed by atoms with Crippen LogP contribution in [0.25, 0.3) is 21.9 Å². The van der Waals surface area contributed by atoms with Gasteiger partial charge in [-0.3, -0.25) is 28.7 Å². The Morgan fingerprint density at radius 1 is 1.00 bits per heavy atom. The molecule has 2 amide bonds. The molecule has 3 aromatic heterocycles. The van der Waals surface area contributed by atoms with E-state index in [1.807, 2.05) is 37.4 Å². The third-order valence-corrected chi connectivity index (χ3v) is 11.1. The van der Waals surface area contributed by atoms with Crippen LogP contribution in [0.1, 0.15) is 63.0 Å². The molecule has 5 heterocycles. The van der Waals surface area contributed by atoms with Gasteiger partial charge < -0.3 is 20.6 Å². The molecule has 266 valence electrons. The van der Waals surface area contributed by atoms with Crippen LogP contribution in [-0.2, 0) is 30.2 Å². The van der Waals surface area contributed by atoms with Crippen LogP contribution >= 0.6 is 11.6 Å². The SMILES string of the molecule is Cn1nc(C2CCC(=O)NC2=O)c2ccc(NC3CCN(c4ncc(Cl)c(Nc5ccc6c(c5)n(CCC5(O)CCC5)c(=O)n6C)n4)CC3)cc21. The summed E-state index contributed by atoms with van der Waals surface area (Å²) in [5.74, 6) is 0.110. The molecule has 0 bridgehead atoms. The van der Waals surface area contributed by atoms with Crippen LogP contribution in [0, 0.1) is 0 Å². The van der Waals surface area contributed by atoms with Crippen LogP contribution in [-0.4, -0.2) is 70.5 Å². The zero-order valence-corrected chi connectivity index (χ0v) is 29.4. The van der Waals surface area contributed by atoms with Gasteiger partial charge in [-0.2, -0.15) is 10.1 Å². The lowest BCUT2D eigenvalue weighted by Crippen LogP contribution is -2.40. The highest BCUT2D eigenvalue weighted by atomic mass is 35.5. The molecule has 1 saturated carbocycles. The van der Waals surface area contributed by atoms with Crippen LogP contribution < -0.4 is 26.5 Å². The Bertz CT molecular complexity index is 2230. The molecule has 1 aliphatic carbocycles. The number of hydrogen-bond donors (Lipinski definition) is 4. The molecule has 2 saturated heterocycles. The van der Waals surface area contributed by atoms with Crippen molar-refractivity contribution in [3.8, 4) is 0 Å². The number of imidazole rings is 1. The number of benzene rings is 2. The van der Waals surface area contributed by atoms with Gasteiger partial charge in [0.1, 0.15) is 5.02 Å². The fraction of sp³-hybridized carbons (Fsp3) is 0.444. The topological polar surface area (TPSA) is 164 Å². The Labute approximate surface area is 298 Å². The number of carbonyl (C=O) groups excluding carboxylic acids is 2. The number of carbonyl (C=O) groups is 2. The predicted octanol–water partition coefficient (Wildman–Crippen LogP) is 4.32. The summed E-state index contributed by atoms with van der Waals surface area (Å²) in [6.07, 6.45) is 7.25. The number of anilines is 4. The van der Waals surface area contributed by atoms with Gasteiger partial charge in [0.2, 0.25) is 17.8 Å². The average Bonchev–Trinajstić information content (AvgIpc) is 3.55. The van der Waals surface area contributed by atoms with E-state index in [0.717, 1.165) is 78.5 Å². The van der Waals surface area contributed by atoms with E-state index >= 15 is 0 Å². The Morgan fingerprint density at radius 2 is 1.76 bits per heavy atom. The fourth-order valence-electron chi connectivity index (χ4n) is 7.64. The molecule has 51 heavy (non-hydrogen) atoms. The molecule has 2 aliphatic heterocycles. The summed E-state index contributed by atoms with van der Waals surface area (Å²) >= 11 is 6.57. The first-order valence-corrected chi connectivity index (χ1v) is 18.0. The Hall–Kier alpha value is -4.95. The van der Waals surface area contributed by atoms with Gasteiger partial charge in [0.15, 0.2) is 5.82 Å². The highest BCUT2D eigenvalue weighted by Gasteiger charge is 2.34. The summed E-state index contributed by atoms with van der Waals surface area (Å²) < 4.78 is 5.16. The third kappa shape index (κ3) is 6.31. The highest BCUT2D eigenvalue weighted by molar-refractivity contribution is 6.33. The van der Waals surface area contributed by atoms with Crippen molar-refractivity contribution in [3.05, 3.63) is 63.8 Å². The lowest BCUT2D eigenvalue weighted by molar-refractivity contribution is -0.134. The standard InChI is InChI=1S/C36H41ClN10O4/c1-44-27-8-5-23(19-29(27)47(35(44)50)17-14-36(51)12-3-13-36)40-32-26(37)20-38-34(42-32)46-15-10-21(11-16-46)39-22-4-6-24-28(18-22)45(2)43-31(24)25-7-9-30(48)41-33(25)49/h4-6,8,18-21,25,39,51H,3,7,9-17H2,1-2H3,(H,38,40,42)(H,41,48,49). The number of aliphatic hydroxyl groups is 1. The molecular weight excluding hydrogens is 672 g/mol. The quantitative estimate of drug-likeness (QED) is 0.162. The summed E-state index contributed by atoms with van der Waals surface area (Å²) in [4.78, 5) is 48.7. The summed E-state index contributed by atoms with van der Waals surface area (Å²) in [6.45, 7) is 1.95. The van der Waals surface area contributed by atoms with Crippen molar-refractivity contribution in [2.75, 3.05) is 28.6 Å². The normalized spacial score (nSPS) is 19.4. The van der Waals surface area contributed by atoms with Crippen molar-refractivity contribution in [3.63, 3.8) is 0 Å². The third-order valence-electron chi connectivity index (χ3n) is 10.8. The maximum absolute atomic E-state index is 13.1. The van der Waals surface area contributed by atoms with Gasteiger partial charge in [-0.25, -0.2) is 9.78 Å². The molecular formula is C36H41ClN10O4. The molecule has 8 rings (SSSR count). The first kappa shape index (κ1) is 33.2. The zero-order valence-electron chi connectivity index (χ0n) is 28.7. The van der Waals surface area contributed by atoms with Crippen molar-refractivity contribution in [1.29, 1.82) is 0 Å². The number of nitrogens with one attached hydrogen (secondary N) is 3. The van der Waals surface area contributed by atoms with Crippen molar-refractivity contribution in [2.45, 2.75) is 75.5 Å². The molecule has 2 aromatic carbocycles. The van der Waals surface area contributed by atoms with Crippen LogP contribution in [0.2, 0.25) is 5.02 Å². The Kier molecular flexibility index (Phi) is 8.45. The Balaban J connectivity index is 0.928. The molecule has 14 nitrogen and oxygen atoms in total. The van der Waals surface area contributed by atoms with E-state index in [1.165, 1.54) is 0 Å². The van der Waals surface area contributed by atoms with Crippen molar-refractivity contribution >= 4 is 68.5 Å². The number of hydrogen-bond acceptors (Lipinski definition) is 10. The molecule has 0 radical (unpaired) electrons. The predicted molar refractivity (Wildman–Crippen MR) is 196 cm³/mol. The van der Waals surface area contributed by atoms with Gasteiger partial charge in [0, 0.05) is 63.0 Å². The summed E-state index contributed by atoms with van der Waals surface area (Å²) in [5.41, 5.74) is 4.17. The second-order valence-corrected chi connectivity index (χ2v) is 14.6. The number of amides is 2. The van der Waals surface area contributed by atoms with E-state index in [4.69, 9.17) is 16.6 Å². The van der Waals surface area contributed by atoms with E-state index in [2.05, 4.69) is 37.0 Å². The van der Waals surface area contributed by atoms with Gasteiger partial charge in [0.05, 0.1) is 40.0 Å². The number of piperidine rings is 2. The summed E-state index contributed by atoms with van der Waals surface area (Å²) in [5, 5.41) is 26.1. The fourth-order valence-corrected chi connectivity index (χ4v) is 7.78. The first-order chi connectivity index (χ1) is 24.5. The summed E-state index contributed by atoms with van der Waals surface area (Å²) in [6, 6.07) is 12.1. The number of aromatic nitrogens is 6. The van der Waals surface area contributed by atoms with Crippen molar-refractivity contribution in [2.24, 2.45) is 14.1 Å². The average molecular weight is 713 g/mol. The monoisotopic (exact) mass is 712 g/mol. The maximum Gasteiger partial charge on any atom is 0.328 e. The minimum atomic E-state index is -0.674. The van der Waals surface area contributed by atoms with E-state index < -0.39 is 11.5 Å². The molecule has 3 fully saturated rings. The van der Waals surface area contributed by atoms with Crippen molar-refractivity contribution < 1.29 is 14.7 Å². The minimum Gasteiger partial charge on any atom is -0.390 e. The van der Waals surface area contributed by atoms with Gasteiger partial charge >= 0.3 is 5.69 Å². The van der Waals surface area contributed by atoms with Crippen molar-refractivity contribution in [1.82, 2.24) is 34.2 Å². The Morgan fingerprint density at radius 3 is 2.51 bits per heavy atom. The molecule has 1 atom stereocenters. The van der Waals surface area contributed by atoms with Crippen LogP contribution in [0.4, 0.5) is 23.1 Å². The molecule has 4 N–H and O–H groups in total. The second kappa shape index (κ2) is 13.0. The maximum atomic E-state index is 13.1. The van der Waals surface area contributed by atoms with Crippen LogP contribution in [0.5, 0.6) is 0 Å². The summed E-state index contributed by atoms with van der Waals surface area (Å²) in [7, 11) is 3.63. The van der Waals surface area contributed by atoms with E-state index in [9.17, 15) is 19.5 Å². The smallest absolute Gasteiger partial charge is 0.328 e. The first-order valence-electron chi connectivity index (χ1n) is 17.6. The highest BCUT2D eigenvalue weighted by Crippen LogP contribution is 2.36. The number of imide groups is 1. The minimum absolute atomic E-state index is 0.109. The van der Waals surface area contributed by atoms with Gasteiger partial charge in [-0.05, 0) is 81.3 Å². The second-order valence-electron chi connectivity index (χ2n) is 14.2. The van der Waals surface area contributed by atoms with Gasteiger partial charge in [-0.1, -0.05) is 11.6 Å². The lowest BCUT2D eigenvalue weighted by Gasteiger charge is -2.36. The van der Waals surface area contributed by atoms with Crippen LogP contribution in [0.3, 0.4) is 0 Å². The lowest BCUT2D eigenvalue weighted by atomic mass is 9.78. The number of nitrogens with zero attached hydrogens (tertiary/aromatic N) is 7. The van der Waals surface area contributed by atoms with Gasteiger partial charge in [0.25, 0.3) is 0 Å². The van der Waals surface area contributed by atoms with Crippen LogP contribution in [0.15, 0.2) is 47.4 Å². The molecule has 5 aromatic rings. The number of aryl methyl sites for hydroxylation is 3. The zero-order chi connectivity index (χ0) is 35.4. The van der Waals surface area contributed by atoms with E-state index in [1.54, 1.807) is 27.1 Å². The molecule has 1 unspecified atom stereocenters. The van der Waals surface area contributed by atoms with E-state index in [-0.39, 0.29) is 23.5 Å². The number of halogens is 1. The van der Waals surface area contributed by atoms with Gasteiger partial charge in [-0.15, -0.1) is 0 Å².